The first-order valence-electron chi connectivity index (χ1n) is 10.5. The fourth-order valence-electron chi connectivity index (χ4n) is 3.22. The van der Waals surface area contributed by atoms with Crippen molar-refractivity contribution in [3.63, 3.8) is 0 Å². The van der Waals surface area contributed by atoms with Crippen LogP contribution in [0.15, 0.2) is 30.3 Å². The Balaban J connectivity index is 1.87. The van der Waals surface area contributed by atoms with Crippen molar-refractivity contribution in [3.05, 3.63) is 35.9 Å². The molecule has 1 aliphatic rings. The number of hydrogen-bond acceptors (Lipinski definition) is 5. The van der Waals surface area contributed by atoms with Crippen LogP contribution in [0.4, 0.5) is 9.59 Å². The molecule has 1 saturated carbocycles. The zero-order chi connectivity index (χ0) is 22.4. The standard InChI is InChI=1S/C23H36N2O5/c1-21(2,3)29-19(26)24-13-12-18-14-23(18,25-20(27)30-22(4,5)6)16-28-15-17-10-8-7-9-11-17/h7-11,18H,12-16H2,1-6H3,(H,24,26)(H,25,27)/t18-,23+/m1/s1. The first-order valence-corrected chi connectivity index (χ1v) is 10.5. The van der Waals surface area contributed by atoms with E-state index in [1.807, 2.05) is 71.9 Å². The molecular weight excluding hydrogens is 384 g/mol. The van der Waals surface area contributed by atoms with Gasteiger partial charge in [0.05, 0.1) is 18.8 Å². The van der Waals surface area contributed by atoms with Crippen molar-refractivity contribution in [1.82, 2.24) is 10.6 Å². The number of carbonyl (C=O) groups is 2. The van der Waals surface area contributed by atoms with Gasteiger partial charge in [-0.1, -0.05) is 30.3 Å². The summed E-state index contributed by atoms with van der Waals surface area (Å²) < 4.78 is 16.6. The van der Waals surface area contributed by atoms with Gasteiger partial charge in [-0.2, -0.15) is 0 Å². The maximum Gasteiger partial charge on any atom is 0.408 e. The van der Waals surface area contributed by atoms with Gasteiger partial charge in [-0.05, 0) is 65.9 Å². The Morgan fingerprint density at radius 3 is 2.20 bits per heavy atom. The van der Waals surface area contributed by atoms with E-state index in [1.54, 1.807) is 0 Å². The molecule has 1 aromatic rings. The van der Waals surface area contributed by atoms with E-state index in [-0.39, 0.29) is 5.92 Å². The zero-order valence-corrected chi connectivity index (χ0v) is 19.0. The molecule has 30 heavy (non-hydrogen) atoms. The molecule has 168 valence electrons. The van der Waals surface area contributed by atoms with Crippen molar-refractivity contribution >= 4 is 12.2 Å². The quantitative estimate of drug-likeness (QED) is 0.651. The van der Waals surface area contributed by atoms with Gasteiger partial charge in [0.1, 0.15) is 11.2 Å². The average Bonchev–Trinajstić information content (AvgIpc) is 3.24. The second kappa shape index (κ2) is 9.69. The number of benzene rings is 1. The van der Waals surface area contributed by atoms with Crippen LogP contribution < -0.4 is 10.6 Å². The van der Waals surface area contributed by atoms with E-state index in [4.69, 9.17) is 14.2 Å². The highest BCUT2D eigenvalue weighted by molar-refractivity contribution is 5.70. The topological polar surface area (TPSA) is 85.9 Å². The Labute approximate surface area is 179 Å². The summed E-state index contributed by atoms with van der Waals surface area (Å²) >= 11 is 0. The summed E-state index contributed by atoms with van der Waals surface area (Å²) in [5.74, 6) is 0.190. The molecule has 0 radical (unpaired) electrons. The lowest BCUT2D eigenvalue weighted by Gasteiger charge is -2.24. The molecule has 0 saturated heterocycles. The highest BCUT2D eigenvalue weighted by Crippen LogP contribution is 2.46. The van der Waals surface area contributed by atoms with Crippen LogP contribution in [0, 0.1) is 5.92 Å². The number of alkyl carbamates (subject to hydrolysis) is 2. The van der Waals surface area contributed by atoms with Gasteiger partial charge in [0.2, 0.25) is 0 Å². The van der Waals surface area contributed by atoms with E-state index < -0.39 is 28.9 Å². The number of hydrogen-bond donors (Lipinski definition) is 2. The molecule has 1 aliphatic carbocycles. The monoisotopic (exact) mass is 420 g/mol. The van der Waals surface area contributed by atoms with E-state index in [0.717, 1.165) is 12.0 Å². The molecule has 0 bridgehead atoms. The predicted octanol–water partition coefficient (Wildman–Crippen LogP) is 4.40. The minimum Gasteiger partial charge on any atom is -0.444 e. The minimum absolute atomic E-state index is 0.190. The summed E-state index contributed by atoms with van der Waals surface area (Å²) in [4.78, 5) is 24.2. The molecule has 0 heterocycles. The Bertz CT molecular complexity index is 709. The molecule has 1 fully saturated rings. The fourth-order valence-corrected chi connectivity index (χ4v) is 3.22. The molecule has 1 aromatic carbocycles. The molecule has 2 rings (SSSR count). The van der Waals surface area contributed by atoms with E-state index in [2.05, 4.69) is 10.6 Å². The number of nitrogens with one attached hydrogen (secondary N) is 2. The molecule has 0 aromatic heterocycles. The molecule has 7 heteroatoms. The normalized spacial score (nSPS) is 20.9. The Hall–Kier alpha value is -2.28. The van der Waals surface area contributed by atoms with Gasteiger partial charge >= 0.3 is 12.2 Å². The minimum atomic E-state index is -0.571. The highest BCUT2D eigenvalue weighted by Gasteiger charge is 2.55. The van der Waals surface area contributed by atoms with Gasteiger partial charge in [-0.15, -0.1) is 0 Å². The van der Waals surface area contributed by atoms with E-state index >= 15 is 0 Å². The van der Waals surface area contributed by atoms with Crippen LogP contribution in [-0.2, 0) is 20.8 Å². The van der Waals surface area contributed by atoms with E-state index in [9.17, 15) is 9.59 Å². The summed E-state index contributed by atoms with van der Waals surface area (Å²) in [5.41, 5.74) is -0.503. The van der Waals surface area contributed by atoms with Gasteiger partial charge in [0.25, 0.3) is 0 Å². The summed E-state index contributed by atoms with van der Waals surface area (Å²) in [6.07, 6.45) is 0.600. The van der Waals surface area contributed by atoms with Gasteiger partial charge in [0, 0.05) is 6.54 Å². The highest BCUT2D eigenvalue weighted by atomic mass is 16.6. The Kier molecular flexibility index (Phi) is 7.75. The first-order chi connectivity index (χ1) is 13.9. The smallest absolute Gasteiger partial charge is 0.408 e. The molecular formula is C23H36N2O5. The zero-order valence-electron chi connectivity index (χ0n) is 19.0. The largest absolute Gasteiger partial charge is 0.444 e. The van der Waals surface area contributed by atoms with Crippen molar-refractivity contribution < 1.29 is 23.8 Å². The SMILES string of the molecule is CC(C)(C)OC(=O)NCC[C@@H]1C[C@@]1(COCc1ccccc1)NC(=O)OC(C)(C)C. The predicted molar refractivity (Wildman–Crippen MR) is 115 cm³/mol. The summed E-state index contributed by atoms with van der Waals surface area (Å²) in [7, 11) is 0. The fraction of sp³-hybridized carbons (Fsp3) is 0.652. The maximum atomic E-state index is 12.4. The van der Waals surface area contributed by atoms with Crippen LogP contribution in [-0.4, -0.2) is 42.1 Å². The summed E-state index contributed by atoms with van der Waals surface area (Å²) in [6.45, 7) is 12.3. The Morgan fingerprint density at radius 1 is 1.00 bits per heavy atom. The first kappa shape index (κ1) is 24.0. The maximum absolute atomic E-state index is 12.4. The van der Waals surface area contributed by atoms with Crippen LogP contribution in [0.1, 0.15) is 59.9 Å². The number of amides is 2. The van der Waals surface area contributed by atoms with Crippen LogP contribution >= 0.6 is 0 Å². The van der Waals surface area contributed by atoms with Gasteiger partial charge < -0.3 is 24.8 Å². The second-order valence-corrected chi connectivity index (χ2v) is 9.88. The molecule has 2 atom stereocenters. The average molecular weight is 421 g/mol. The number of rotatable bonds is 8. The molecule has 2 amide bonds. The second-order valence-electron chi connectivity index (χ2n) is 9.88. The summed E-state index contributed by atoms with van der Waals surface area (Å²) in [5, 5.41) is 5.78. The van der Waals surface area contributed by atoms with Crippen molar-refractivity contribution in [2.75, 3.05) is 13.2 Å². The molecule has 0 spiro atoms. The lowest BCUT2D eigenvalue weighted by molar-refractivity contribution is 0.0381. The third kappa shape index (κ3) is 8.61. The van der Waals surface area contributed by atoms with Gasteiger partial charge in [0.15, 0.2) is 0 Å². The van der Waals surface area contributed by atoms with E-state index in [1.165, 1.54) is 0 Å². The lowest BCUT2D eigenvalue weighted by Crippen LogP contribution is -2.45. The van der Waals surface area contributed by atoms with E-state index in [0.29, 0.717) is 26.2 Å². The van der Waals surface area contributed by atoms with Gasteiger partial charge in [-0.3, -0.25) is 0 Å². The third-order valence-electron chi connectivity index (χ3n) is 4.61. The van der Waals surface area contributed by atoms with Crippen LogP contribution in [0.3, 0.4) is 0 Å². The molecule has 2 N–H and O–H groups in total. The van der Waals surface area contributed by atoms with Crippen molar-refractivity contribution in [2.24, 2.45) is 5.92 Å². The lowest BCUT2D eigenvalue weighted by atomic mass is 10.1. The number of carbonyl (C=O) groups excluding carboxylic acids is 2. The molecule has 7 nitrogen and oxygen atoms in total. The van der Waals surface area contributed by atoms with Crippen LogP contribution in [0.25, 0.3) is 0 Å². The van der Waals surface area contributed by atoms with Crippen molar-refractivity contribution in [1.29, 1.82) is 0 Å². The number of ether oxygens (including phenoxy) is 3. The molecule has 0 unspecified atom stereocenters. The van der Waals surface area contributed by atoms with Crippen molar-refractivity contribution in [3.8, 4) is 0 Å². The summed E-state index contributed by atoms with van der Waals surface area (Å²) in [6, 6.07) is 9.90. The van der Waals surface area contributed by atoms with Gasteiger partial charge in [-0.25, -0.2) is 9.59 Å². The molecule has 0 aliphatic heterocycles. The van der Waals surface area contributed by atoms with Crippen molar-refractivity contribution in [2.45, 2.75) is 77.7 Å². The van der Waals surface area contributed by atoms with Crippen LogP contribution in [0.5, 0.6) is 0 Å². The third-order valence-corrected chi connectivity index (χ3v) is 4.61. The Morgan fingerprint density at radius 2 is 1.60 bits per heavy atom. The van der Waals surface area contributed by atoms with Crippen LogP contribution in [0.2, 0.25) is 0 Å².